The van der Waals surface area contributed by atoms with Crippen LogP contribution in [0.15, 0.2) is 35.9 Å². The first-order valence-corrected chi connectivity index (χ1v) is 12.4. The van der Waals surface area contributed by atoms with E-state index in [4.69, 9.17) is 6.42 Å². The lowest BCUT2D eigenvalue weighted by atomic mass is 9.47. The van der Waals surface area contributed by atoms with E-state index in [-0.39, 0.29) is 28.6 Å². The molecule has 1 N–H and O–H groups in total. The Morgan fingerprint density at radius 1 is 1.09 bits per heavy atom. The Hall–Kier alpha value is -2.29. The smallest absolute Gasteiger partial charge is 0.209 e. The van der Waals surface area contributed by atoms with Gasteiger partial charge in [-0.15, -0.1) is 6.42 Å². The highest BCUT2D eigenvalue weighted by atomic mass is 16.3. The normalized spacial score (nSPS) is 39.9. The molecule has 3 fully saturated rings. The Kier molecular flexibility index (Phi) is 5.34. The van der Waals surface area contributed by atoms with E-state index in [2.05, 4.69) is 37.7 Å². The number of aliphatic hydroxyl groups excluding tert-OH is 1. The molecule has 0 saturated heterocycles. The van der Waals surface area contributed by atoms with E-state index >= 15 is 0 Å². The number of Topliss-reactive ketones (excluding diaryl/α,β-unsaturated/α-hetero) is 1. The molecule has 4 aliphatic rings. The molecule has 166 valence electrons. The first kappa shape index (κ1) is 21.6. The topological polar surface area (TPSA) is 37.3 Å². The van der Waals surface area contributed by atoms with Crippen LogP contribution < -0.4 is 0 Å². The van der Waals surface area contributed by atoms with Crippen molar-refractivity contribution in [2.45, 2.75) is 71.3 Å². The van der Waals surface area contributed by atoms with E-state index in [1.807, 2.05) is 24.3 Å². The monoisotopic (exact) mass is 426 g/mol. The number of allylic oxidation sites excluding steroid dienone is 1. The third-order valence-electron chi connectivity index (χ3n) is 9.75. The van der Waals surface area contributed by atoms with Gasteiger partial charge in [-0.1, -0.05) is 43.4 Å². The number of hydrogen-bond acceptors (Lipinski definition) is 2. The lowest BCUT2D eigenvalue weighted by Crippen LogP contribution is -2.51. The molecule has 0 amide bonds. The van der Waals surface area contributed by atoms with Crippen LogP contribution in [-0.4, -0.2) is 17.0 Å². The van der Waals surface area contributed by atoms with Gasteiger partial charge in [0.05, 0.1) is 6.10 Å². The maximum atomic E-state index is 13.3. The number of carbonyl (C=O) groups is 1. The predicted octanol–water partition coefficient (Wildman–Crippen LogP) is 5.53. The van der Waals surface area contributed by atoms with E-state index in [1.54, 1.807) is 0 Å². The van der Waals surface area contributed by atoms with Crippen LogP contribution in [0.4, 0.5) is 0 Å². The van der Waals surface area contributed by atoms with Gasteiger partial charge >= 0.3 is 0 Å². The standard InChI is InChI=1S/C30H34O2/c1-4-20-6-5-7-21(18-20)8-13-28(32)27-12-11-25-24-10-9-22-19-23(31)14-16-29(22,2)26(24)15-17-30(25,27)3/h1,5-7,9,18,23-27,31H,10-12,14-17,19H2,2-3H3/t23-,24-,25-,26-,27+,29-,30-/m0/s1. The minimum Gasteiger partial charge on any atom is -0.393 e. The lowest BCUT2D eigenvalue weighted by Gasteiger charge is -2.57. The van der Waals surface area contributed by atoms with Gasteiger partial charge in [0.25, 0.3) is 0 Å². The molecule has 0 heterocycles. The van der Waals surface area contributed by atoms with Gasteiger partial charge in [0.1, 0.15) is 0 Å². The van der Waals surface area contributed by atoms with E-state index in [1.165, 1.54) is 12.0 Å². The number of ketones is 1. The highest BCUT2D eigenvalue weighted by Crippen LogP contribution is 2.66. The molecule has 2 heteroatoms. The van der Waals surface area contributed by atoms with Crippen molar-refractivity contribution in [3.8, 4) is 24.2 Å². The number of rotatable bonds is 1. The number of fused-ring (bicyclic) bond motifs is 5. The van der Waals surface area contributed by atoms with Crippen molar-refractivity contribution in [1.29, 1.82) is 0 Å². The van der Waals surface area contributed by atoms with E-state index in [9.17, 15) is 9.90 Å². The molecule has 0 unspecified atom stereocenters. The highest BCUT2D eigenvalue weighted by molar-refractivity contribution is 5.98. The van der Waals surface area contributed by atoms with E-state index in [0.717, 1.165) is 56.1 Å². The average molecular weight is 427 g/mol. The van der Waals surface area contributed by atoms with Crippen molar-refractivity contribution in [2.75, 3.05) is 0 Å². The summed E-state index contributed by atoms with van der Waals surface area (Å²) in [7, 11) is 0. The Morgan fingerprint density at radius 3 is 2.72 bits per heavy atom. The fourth-order valence-electron chi connectivity index (χ4n) is 7.98. The van der Waals surface area contributed by atoms with Gasteiger partial charge in [0.2, 0.25) is 5.78 Å². The van der Waals surface area contributed by atoms with E-state index < -0.39 is 0 Å². The summed E-state index contributed by atoms with van der Waals surface area (Å²) in [4.78, 5) is 13.3. The Balaban J connectivity index is 1.37. The molecule has 4 aliphatic carbocycles. The van der Waals surface area contributed by atoms with Crippen LogP contribution in [0.3, 0.4) is 0 Å². The first-order valence-electron chi connectivity index (χ1n) is 12.4. The van der Waals surface area contributed by atoms with Gasteiger partial charge in [0.15, 0.2) is 0 Å². The summed E-state index contributed by atoms with van der Waals surface area (Å²) in [6, 6.07) is 7.57. The number of terminal acetylenes is 1. The highest BCUT2D eigenvalue weighted by Gasteiger charge is 2.59. The van der Waals surface area contributed by atoms with Crippen molar-refractivity contribution in [3.63, 3.8) is 0 Å². The molecule has 0 spiro atoms. The van der Waals surface area contributed by atoms with Gasteiger partial charge < -0.3 is 5.11 Å². The van der Waals surface area contributed by atoms with E-state index in [0.29, 0.717) is 17.8 Å². The quantitative estimate of drug-likeness (QED) is 0.474. The molecular formula is C30H34O2. The summed E-state index contributed by atoms with van der Waals surface area (Å²) < 4.78 is 0. The Morgan fingerprint density at radius 2 is 1.91 bits per heavy atom. The third-order valence-corrected chi connectivity index (χ3v) is 9.75. The first-order chi connectivity index (χ1) is 15.3. The molecule has 2 nitrogen and oxygen atoms in total. The second kappa shape index (κ2) is 7.93. The third kappa shape index (κ3) is 3.36. The van der Waals surface area contributed by atoms with Crippen LogP contribution in [0.1, 0.15) is 76.3 Å². The predicted molar refractivity (Wildman–Crippen MR) is 127 cm³/mol. The summed E-state index contributed by atoms with van der Waals surface area (Å²) in [6.45, 7) is 4.83. The maximum Gasteiger partial charge on any atom is 0.209 e. The molecular weight excluding hydrogens is 392 g/mol. The van der Waals surface area contributed by atoms with Crippen LogP contribution in [-0.2, 0) is 4.79 Å². The van der Waals surface area contributed by atoms with Crippen LogP contribution in [0.25, 0.3) is 0 Å². The van der Waals surface area contributed by atoms with Crippen LogP contribution in [0.2, 0.25) is 0 Å². The lowest BCUT2D eigenvalue weighted by molar-refractivity contribution is -0.124. The Labute approximate surface area is 192 Å². The number of hydrogen-bond donors (Lipinski definition) is 1. The zero-order valence-electron chi connectivity index (χ0n) is 19.4. The molecule has 0 aromatic heterocycles. The molecule has 0 bridgehead atoms. The summed E-state index contributed by atoms with van der Waals surface area (Å²) >= 11 is 0. The van der Waals surface area contributed by atoms with Crippen LogP contribution in [0.5, 0.6) is 0 Å². The average Bonchev–Trinajstić information content (AvgIpc) is 3.15. The molecule has 1 aromatic carbocycles. The van der Waals surface area contributed by atoms with Crippen molar-refractivity contribution < 1.29 is 9.90 Å². The zero-order valence-corrected chi connectivity index (χ0v) is 19.4. The molecule has 0 aliphatic heterocycles. The van der Waals surface area contributed by atoms with Crippen molar-refractivity contribution >= 4 is 5.78 Å². The molecule has 5 rings (SSSR count). The Bertz CT molecular complexity index is 1060. The largest absolute Gasteiger partial charge is 0.393 e. The minimum absolute atomic E-state index is 0.0446. The number of benzene rings is 1. The molecule has 7 atom stereocenters. The van der Waals surface area contributed by atoms with Gasteiger partial charge in [-0.3, -0.25) is 4.79 Å². The second-order valence-electron chi connectivity index (χ2n) is 11.2. The van der Waals surface area contributed by atoms with Gasteiger partial charge in [-0.2, -0.15) is 0 Å². The minimum atomic E-state index is -0.159. The van der Waals surface area contributed by atoms with Gasteiger partial charge in [-0.05, 0) is 104 Å². The molecule has 1 aromatic rings. The molecule has 32 heavy (non-hydrogen) atoms. The number of aliphatic hydroxyl groups is 1. The fraction of sp³-hybridized carbons (Fsp3) is 0.567. The summed E-state index contributed by atoms with van der Waals surface area (Å²) in [5, 5.41) is 10.2. The zero-order chi connectivity index (χ0) is 22.5. The second-order valence-corrected chi connectivity index (χ2v) is 11.2. The summed E-state index contributed by atoms with van der Waals surface area (Å²) in [6.07, 6.45) is 16.2. The molecule has 3 saturated carbocycles. The van der Waals surface area contributed by atoms with Crippen LogP contribution >= 0.6 is 0 Å². The fourth-order valence-corrected chi connectivity index (χ4v) is 7.98. The maximum absolute atomic E-state index is 13.3. The summed E-state index contributed by atoms with van der Waals surface area (Å²) in [5.41, 5.74) is 3.42. The van der Waals surface area contributed by atoms with Crippen molar-refractivity contribution in [1.82, 2.24) is 0 Å². The van der Waals surface area contributed by atoms with Crippen LogP contribution in [0, 0.1) is 58.7 Å². The van der Waals surface area contributed by atoms with Crippen molar-refractivity contribution in [3.05, 3.63) is 47.0 Å². The van der Waals surface area contributed by atoms with Gasteiger partial charge in [-0.25, -0.2) is 0 Å². The summed E-state index contributed by atoms with van der Waals surface area (Å²) in [5.74, 6) is 10.8. The van der Waals surface area contributed by atoms with Crippen molar-refractivity contribution in [2.24, 2.45) is 34.5 Å². The van der Waals surface area contributed by atoms with Gasteiger partial charge in [0, 0.05) is 17.0 Å². The number of carbonyl (C=O) groups excluding carboxylic acids is 1. The molecule has 0 radical (unpaired) electrons. The SMILES string of the molecule is C#Cc1cccc(C#CC(=O)[C@H]2CC[C@H]3[C@@H]4CC=C5C[C@@H](O)CC[C@]5(C)[C@H]4CC[C@]23C)c1.